The molecule has 3 aromatic rings. The van der Waals surface area contributed by atoms with Crippen molar-refractivity contribution in [3.05, 3.63) is 71.4 Å². The van der Waals surface area contributed by atoms with Crippen molar-refractivity contribution < 1.29 is 32.6 Å². The zero-order chi connectivity index (χ0) is 23.3. The lowest BCUT2D eigenvalue weighted by atomic mass is 10.1. The van der Waals surface area contributed by atoms with E-state index in [2.05, 4.69) is 10.3 Å². The van der Waals surface area contributed by atoms with Gasteiger partial charge in [-0.1, -0.05) is 6.07 Å². The van der Waals surface area contributed by atoms with Gasteiger partial charge in [0.2, 0.25) is 0 Å². The second-order valence-corrected chi connectivity index (χ2v) is 6.52. The van der Waals surface area contributed by atoms with Crippen molar-refractivity contribution in [2.75, 3.05) is 27.9 Å². The number of benzene rings is 2. The maximum atomic E-state index is 14.3. The van der Waals surface area contributed by atoms with E-state index < -0.39 is 23.3 Å². The molecule has 32 heavy (non-hydrogen) atoms. The van der Waals surface area contributed by atoms with Crippen LogP contribution in [0, 0.1) is 11.6 Å². The van der Waals surface area contributed by atoms with Crippen molar-refractivity contribution in [2.45, 2.75) is 0 Å². The number of carbonyl (C=O) groups is 2. The molecule has 1 aromatic heterocycles. The number of ketones is 1. The van der Waals surface area contributed by atoms with Crippen LogP contribution in [-0.2, 0) is 0 Å². The smallest absolute Gasteiger partial charge is 0.251 e. The molecule has 1 heterocycles. The molecule has 0 aliphatic heterocycles. The topological polar surface area (TPSA) is 86.8 Å². The zero-order valence-corrected chi connectivity index (χ0v) is 17.6. The molecule has 0 saturated heterocycles. The average Bonchev–Trinajstić information content (AvgIpc) is 2.83. The molecule has 0 bridgehead atoms. The first kappa shape index (κ1) is 22.7. The van der Waals surface area contributed by atoms with Crippen molar-refractivity contribution in [1.82, 2.24) is 10.3 Å². The Hall–Kier alpha value is -4.01. The van der Waals surface area contributed by atoms with E-state index in [9.17, 15) is 18.4 Å². The highest BCUT2D eigenvalue weighted by Gasteiger charge is 2.19. The molecule has 0 saturated carbocycles. The van der Waals surface area contributed by atoms with Crippen LogP contribution in [0.5, 0.6) is 17.2 Å². The fourth-order valence-electron chi connectivity index (χ4n) is 2.98. The fraction of sp³-hybridized carbons (Fsp3) is 0.174. The Morgan fingerprint density at radius 3 is 2.28 bits per heavy atom. The predicted molar refractivity (Wildman–Crippen MR) is 112 cm³/mol. The van der Waals surface area contributed by atoms with Crippen LogP contribution in [0.2, 0.25) is 0 Å². The SMILES string of the molecule is COc1ccc(C(=O)NCC(=O)c2ccc(OC)c(-c3cccc(F)c3F)n2)cc1OC. The largest absolute Gasteiger partial charge is 0.494 e. The highest BCUT2D eigenvalue weighted by Crippen LogP contribution is 2.31. The minimum atomic E-state index is -1.11. The monoisotopic (exact) mass is 442 g/mol. The van der Waals surface area contributed by atoms with Gasteiger partial charge in [-0.15, -0.1) is 0 Å². The second kappa shape index (κ2) is 9.86. The molecule has 0 fully saturated rings. The summed E-state index contributed by atoms with van der Waals surface area (Å²) in [4.78, 5) is 29.2. The molecule has 9 heteroatoms. The van der Waals surface area contributed by atoms with Crippen LogP contribution in [0.3, 0.4) is 0 Å². The molecule has 166 valence electrons. The molecule has 1 N–H and O–H groups in total. The lowest BCUT2D eigenvalue weighted by molar-refractivity contribution is 0.0902. The summed E-state index contributed by atoms with van der Waals surface area (Å²) in [7, 11) is 4.27. The van der Waals surface area contributed by atoms with E-state index in [0.29, 0.717) is 11.5 Å². The summed E-state index contributed by atoms with van der Waals surface area (Å²) in [6.45, 7) is -0.364. The number of aromatic nitrogens is 1. The van der Waals surface area contributed by atoms with Gasteiger partial charge in [-0.05, 0) is 42.5 Å². The number of nitrogens with one attached hydrogen (secondary N) is 1. The molecule has 0 unspecified atom stereocenters. The van der Waals surface area contributed by atoms with Gasteiger partial charge in [0, 0.05) is 11.1 Å². The van der Waals surface area contributed by atoms with Crippen LogP contribution < -0.4 is 19.5 Å². The van der Waals surface area contributed by atoms with Crippen LogP contribution in [0.1, 0.15) is 20.8 Å². The zero-order valence-electron chi connectivity index (χ0n) is 17.6. The maximum absolute atomic E-state index is 14.3. The minimum Gasteiger partial charge on any atom is -0.494 e. The number of amides is 1. The van der Waals surface area contributed by atoms with Gasteiger partial charge in [0.15, 0.2) is 28.9 Å². The van der Waals surface area contributed by atoms with E-state index >= 15 is 0 Å². The van der Waals surface area contributed by atoms with Crippen LogP contribution in [0.4, 0.5) is 8.78 Å². The lowest BCUT2D eigenvalue weighted by Crippen LogP contribution is -2.30. The average molecular weight is 442 g/mol. The van der Waals surface area contributed by atoms with Crippen LogP contribution in [0.15, 0.2) is 48.5 Å². The van der Waals surface area contributed by atoms with Crippen molar-refractivity contribution in [3.63, 3.8) is 0 Å². The Bertz CT molecular complexity index is 1170. The van der Waals surface area contributed by atoms with Crippen LogP contribution >= 0.6 is 0 Å². The first-order valence-electron chi connectivity index (χ1n) is 9.42. The molecule has 0 atom stereocenters. The number of nitrogens with zero attached hydrogens (tertiary/aromatic N) is 1. The van der Waals surface area contributed by atoms with E-state index in [-0.39, 0.29) is 34.8 Å². The van der Waals surface area contributed by atoms with Gasteiger partial charge in [-0.25, -0.2) is 13.8 Å². The third kappa shape index (κ3) is 4.66. The van der Waals surface area contributed by atoms with Crippen LogP contribution in [0.25, 0.3) is 11.3 Å². The standard InChI is InChI=1S/C23H20F2N2O5/c1-30-18-9-7-13(11-20(18)32-3)23(29)26-12-17(28)16-8-10-19(31-2)22(27-16)14-5-4-6-15(24)21(14)25/h4-11H,12H2,1-3H3,(H,26,29). The van der Waals surface area contributed by atoms with Gasteiger partial charge in [-0.3, -0.25) is 9.59 Å². The van der Waals surface area contributed by atoms with Crippen LogP contribution in [-0.4, -0.2) is 44.5 Å². The van der Waals surface area contributed by atoms with Crippen molar-refractivity contribution in [2.24, 2.45) is 0 Å². The van der Waals surface area contributed by atoms with Crippen molar-refractivity contribution in [1.29, 1.82) is 0 Å². The Kier molecular flexibility index (Phi) is 6.99. The molecule has 0 aliphatic carbocycles. The van der Waals surface area contributed by atoms with E-state index in [0.717, 1.165) is 6.07 Å². The summed E-state index contributed by atoms with van der Waals surface area (Å²) in [6, 6.07) is 11.0. The van der Waals surface area contributed by atoms with Gasteiger partial charge >= 0.3 is 0 Å². The molecule has 1 amide bonds. The van der Waals surface area contributed by atoms with Gasteiger partial charge in [0.05, 0.1) is 27.9 Å². The molecular weight excluding hydrogens is 422 g/mol. The summed E-state index contributed by atoms with van der Waals surface area (Å²) < 4.78 is 43.4. The Morgan fingerprint density at radius 2 is 1.59 bits per heavy atom. The van der Waals surface area contributed by atoms with E-state index in [1.807, 2.05) is 0 Å². The van der Waals surface area contributed by atoms with Crippen molar-refractivity contribution >= 4 is 11.7 Å². The number of pyridine rings is 1. The Labute approximate surface area is 182 Å². The molecular formula is C23H20F2N2O5. The Balaban J connectivity index is 1.80. The normalized spacial score (nSPS) is 10.4. The number of hydrogen-bond donors (Lipinski definition) is 1. The number of Topliss-reactive ketones (excluding diaryl/α,β-unsaturated/α-hetero) is 1. The summed E-state index contributed by atoms with van der Waals surface area (Å²) in [6.07, 6.45) is 0. The van der Waals surface area contributed by atoms with Gasteiger partial charge < -0.3 is 19.5 Å². The quantitative estimate of drug-likeness (QED) is 0.536. The predicted octanol–water partition coefficient (Wildman–Crippen LogP) is 3.67. The molecule has 0 radical (unpaired) electrons. The third-order valence-electron chi connectivity index (χ3n) is 4.63. The number of halogens is 2. The summed E-state index contributed by atoms with van der Waals surface area (Å²) in [5.74, 6) is -2.20. The van der Waals surface area contributed by atoms with E-state index in [1.54, 1.807) is 6.07 Å². The van der Waals surface area contributed by atoms with Crippen molar-refractivity contribution in [3.8, 4) is 28.5 Å². The number of ether oxygens (including phenoxy) is 3. The van der Waals surface area contributed by atoms with Gasteiger partial charge in [0.25, 0.3) is 5.91 Å². The lowest BCUT2D eigenvalue weighted by Gasteiger charge is -2.12. The van der Waals surface area contributed by atoms with Gasteiger partial charge in [-0.2, -0.15) is 0 Å². The van der Waals surface area contributed by atoms with E-state index in [4.69, 9.17) is 14.2 Å². The number of methoxy groups -OCH3 is 3. The molecule has 3 rings (SSSR count). The first-order valence-corrected chi connectivity index (χ1v) is 9.42. The Morgan fingerprint density at radius 1 is 0.906 bits per heavy atom. The second-order valence-electron chi connectivity index (χ2n) is 6.52. The molecule has 2 aromatic carbocycles. The summed E-state index contributed by atoms with van der Waals surface area (Å²) >= 11 is 0. The molecule has 0 aliphatic rings. The summed E-state index contributed by atoms with van der Waals surface area (Å²) in [5.41, 5.74) is 0.0464. The number of hydrogen-bond acceptors (Lipinski definition) is 6. The highest BCUT2D eigenvalue weighted by molar-refractivity contribution is 6.01. The maximum Gasteiger partial charge on any atom is 0.251 e. The third-order valence-corrected chi connectivity index (χ3v) is 4.63. The van der Waals surface area contributed by atoms with Gasteiger partial charge in [0.1, 0.15) is 17.1 Å². The summed E-state index contributed by atoms with van der Waals surface area (Å²) in [5, 5.41) is 2.50. The fourth-order valence-corrected chi connectivity index (χ4v) is 2.98. The number of rotatable bonds is 8. The number of carbonyl (C=O) groups excluding carboxylic acids is 2. The van der Waals surface area contributed by atoms with E-state index in [1.165, 1.54) is 57.7 Å². The first-order chi connectivity index (χ1) is 15.4. The highest BCUT2D eigenvalue weighted by atomic mass is 19.2. The molecule has 7 nitrogen and oxygen atoms in total. The molecule has 0 spiro atoms. The minimum absolute atomic E-state index is 0.0263.